The SMILES string of the molecule is COc1ccc(C(=O)Nc2ccccc2-c2ccc(C(C)=O)cc2C)cc1CCCN(C)C. The summed E-state index contributed by atoms with van der Waals surface area (Å²) in [6, 6.07) is 18.9. The molecule has 33 heavy (non-hydrogen) atoms. The Morgan fingerprint density at radius 1 is 0.939 bits per heavy atom. The Morgan fingerprint density at radius 3 is 2.33 bits per heavy atom. The zero-order chi connectivity index (χ0) is 24.0. The largest absolute Gasteiger partial charge is 0.496 e. The Hall–Kier alpha value is -3.44. The van der Waals surface area contributed by atoms with Crippen molar-refractivity contribution in [1.29, 1.82) is 0 Å². The summed E-state index contributed by atoms with van der Waals surface area (Å²) in [4.78, 5) is 27.0. The Labute approximate surface area is 196 Å². The number of carbonyl (C=O) groups excluding carboxylic acids is 2. The number of Topliss-reactive ketones (excluding diaryl/α,β-unsaturated/α-hetero) is 1. The second kappa shape index (κ2) is 10.9. The first-order chi connectivity index (χ1) is 15.8. The van der Waals surface area contributed by atoms with E-state index in [1.54, 1.807) is 20.1 Å². The summed E-state index contributed by atoms with van der Waals surface area (Å²) in [5.74, 6) is 0.663. The lowest BCUT2D eigenvalue weighted by atomic mass is 9.96. The number of para-hydroxylation sites is 1. The highest BCUT2D eigenvalue weighted by Gasteiger charge is 2.14. The van der Waals surface area contributed by atoms with Gasteiger partial charge in [-0.25, -0.2) is 0 Å². The molecular formula is C28H32N2O3. The molecule has 0 spiro atoms. The highest BCUT2D eigenvalue weighted by atomic mass is 16.5. The van der Waals surface area contributed by atoms with Crippen molar-refractivity contribution in [2.45, 2.75) is 26.7 Å². The van der Waals surface area contributed by atoms with Crippen LogP contribution in [0, 0.1) is 6.92 Å². The zero-order valence-electron chi connectivity index (χ0n) is 20.1. The molecule has 0 bridgehead atoms. The third-order valence-electron chi connectivity index (χ3n) is 5.69. The monoisotopic (exact) mass is 444 g/mol. The molecule has 0 saturated carbocycles. The molecule has 0 radical (unpaired) electrons. The van der Waals surface area contributed by atoms with Gasteiger partial charge in [-0.15, -0.1) is 0 Å². The van der Waals surface area contributed by atoms with Crippen molar-refractivity contribution in [1.82, 2.24) is 4.90 Å². The molecule has 1 N–H and O–H groups in total. The van der Waals surface area contributed by atoms with Gasteiger partial charge >= 0.3 is 0 Å². The number of ketones is 1. The van der Waals surface area contributed by atoms with Crippen molar-refractivity contribution in [3.8, 4) is 16.9 Å². The maximum absolute atomic E-state index is 13.2. The maximum atomic E-state index is 13.2. The predicted octanol–water partition coefficient (Wildman–Crippen LogP) is 5.62. The minimum absolute atomic E-state index is 0.0344. The summed E-state index contributed by atoms with van der Waals surface area (Å²) in [5.41, 5.74) is 5.90. The Morgan fingerprint density at radius 2 is 1.67 bits per heavy atom. The van der Waals surface area contributed by atoms with E-state index in [1.165, 1.54) is 0 Å². The van der Waals surface area contributed by atoms with E-state index in [9.17, 15) is 9.59 Å². The Kier molecular flexibility index (Phi) is 8.01. The van der Waals surface area contributed by atoms with Crippen molar-refractivity contribution in [2.24, 2.45) is 0 Å². The number of hydrogen-bond donors (Lipinski definition) is 1. The van der Waals surface area contributed by atoms with Crippen LogP contribution in [0.4, 0.5) is 5.69 Å². The van der Waals surface area contributed by atoms with Crippen LogP contribution in [0.5, 0.6) is 5.75 Å². The minimum Gasteiger partial charge on any atom is -0.496 e. The molecule has 0 aliphatic rings. The smallest absolute Gasteiger partial charge is 0.255 e. The van der Waals surface area contributed by atoms with Crippen LogP contribution in [0.15, 0.2) is 60.7 Å². The van der Waals surface area contributed by atoms with Crippen LogP contribution in [-0.2, 0) is 6.42 Å². The normalized spacial score (nSPS) is 10.8. The first-order valence-electron chi connectivity index (χ1n) is 11.1. The van der Waals surface area contributed by atoms with Gasteiger partial charge in [-0.05, 0) is 94.4 Å². The predicted molar refractivity (Wildman–Crippen MR) is 134 cm³/mol. The third kappa shape index (κ3) is 6.08. The summed E-state index contributed by atoms with van der Waals surface area (Å²) < 4.78 is 5.50. The molecule has 0 unspecified atom stereocenters. The number of nitrogens with zero attached hydrogens (tertiary/aromatic N) is 1. The van der Waals surface area contributed by atoms with Crippen LogP contribution >= 0.6 is 0 Å². The number of amides is 1. The van der Waals surface area contributed by atoms with Crippen LogP contribution in [0.1, 0.15) is 45.2 Å². The maximum Gasteiger partial charge on any atom is 0.255 e. The quantitative estimate of drug-likeness (QED) is 0.435. The van der Waals surface area contributed by atoms with Crippen LogP contribution in [0.25, 0.3) is 11.1 Å². The summed E-state index contributed by atoms with van der Waals surface area (Å²) in [5, 5.41) is 3.07. The average molecular weight is 445 g/mol. The van der Waals surface area contributed by atoms with Gasteiger partial charge in [0.15, 0.2) is 5.78 Å². The number of methoxy groups -OCH3 is 1. The molecule has 5 heteroatoms. The van der Waals surface area contributed by atoms with E-state index in [1.807, 2.05) is 75.6 Å². The first kappa shape index (κ1) is 24.2. The Balaban J connectivity index is 1.86. The van der Waals surface area contributed by atoms with Gasteiger partial charge in [0.2, 0.25) is 0 Å². The number of anilines is 1. The lowest BCUT2D eigenvalue weighted by Gasteiger charge is -2.15. The number of carbonyl (C=O) groups is 2. The number of nitrogens with one attached hydrogen (secondary N) is 1. The van der Waals surface area contributed by atoms with Gasteiger partial charge in [0.1, 0.15) is 5.75 Å². The first-order valence-corrected chi connectivity index (χ1v) is 11.1. The van der Waals surface area contributed by atoms with Crippen molar-refractivity contribution in [2.75, 3.05) is 33.1 Å². The van der Waals surface area contributed by atoms with E-state index in [2.05, 4.69) is 10.2 Å². The van der Waals surface area contributed by atoms with Crippen molar-refractivity contribution in [3.05, 3.63) is 82.9 Å². The molecule has 172 valence electrons. The fourth-order valence-corrected chi connectivity index (χ4v) is 3.91. The average Bonchev–Trinajstić information content (AvgIpc) is 2.79. The van der Waals surface area contributed by atoms with Crippen LogP contribution < -0.4 is 10.1 Å². The van der Waals surface area contributed by atoms with Crippen LogP contribution in [0.2, 0.25) is 0 Å². The molecule has 3 aromatic rings. The highest BCUT2D eigenvalue weighted by Crippen LogP contribution is 2.32. The molecule has 0 fully saturated rings. The molecule has 0 saturated heterocycles. The molecule has 0 heterocycles. The number of hydrogen-bond acceptors (Lipinski definition) is 4. The summed E-state index contributed by atoms with van der Waals surface area (Å²) in [6.45, 7) is 4.50. The molecule has 3 rings (SSSR count). The van der Waals surface area contributed by atoms with Gasteiger partial charge in [0.05, 0.1) is 7.11 Å². The number of aryl methyl sites for hydroxylation is 2. The minimum atomic E-state index is -0.169. The van der Waals surface area contributed by atoms with E-state index in [0.717, 1.165) is 53.1 Å². The fraction of sp³-hybridized carbons (Fsp3) is 0.286. The van der Waals surface area contributed by atoms with E-state index in [-0.39, 0.29) is 11.7 Å². The van der Waals surface area contributed by atoms with E-state index >= 15 is 0 Å². The number of benzene rings is 3. The standard InChI is InChI=1S/C28H32N2O3/c1-19-17-21(20(2)31)12-14-24(19)25-10-6-7-11-26(25)29-28(32)23-13-15-27(33-5)22(18-23)9-8-16-30(3)4/h6-7,10-15,17-18H,8-9,16H2,1-5H3,(H,29,32). The highest BCUT2D eigenvalue weighted by molar-refractivity contribution is 6.06. The van der Waals surface area contributed by atoms with Gasteiger partial charge in [0, 0.05) is 22.4 Å². The molecule has 3 aromatic carbocycles. The summed E-state index contributed by atoms with van der Waals surface area (Å²) >= 11 is 0. The van der Waals surface area contributed by atoms with Crippen molar-refractivity contribution >= 4 is 17.4 Å². The van der Waals surface area contributed by atoms with Gasteiger partial charge in [0.25, 0.3) is 5.91 Å². The Bertz CT molecular complexity index is 1150. The van der Waals surface area contributed by atoms with Gasteiger partial charge in [-0.3, -0.25) is 9.59 Å². The molecule has 0 atom stereocenters. The molecule has 5 nitrogen and oxygen atoms in total. The van der Waals surface area contributed by atoms with E-state index < -0.39 is 0 Å². The molecule has 0 aromatic heterocycles. The number of ether oxygens (including phenoxy) is 1. The van der Waals surface area contributed by atoms with Gasteiger partial charge in [-0.2, -0.15) is 0 Å². The van der Waals surface area contributed by atoms with E-state index in [4.69, 9.17) is 4.74 Å². The van der Waals surface area contributed by atoms with Crippen molar-refractivity contribution in [3.63, 3.8) is 0 Å². The van der Waals surface area contributed by atoms with Crippen molar-refractivity contribution < 1.29 is 14.3 Å². The lowest BCUT2D eigenvalue weighted by molar-refractivity contribution is 0.101. The molecule has 0 aliphatic carbocycles. The second-order valence-electron chi connectivity index (χ2n) is 8.52. The summed E-state index contributed by atoms with van der Waals surface area (Å²) in [6.07, 6.45) is 1.81. The lowest BCUT2D eigenvalue weighted by Crippen LogP contribution is -2.15. The second-order valence-corrected chi connectivity index (χ2v) is 8.52. The molecular weight excluding hydrogens is 412 g/mol. The van der Waals surface area contributed by atoms with Gasteiger partial charge in [-0.1, -0.05) is 30.3 Å². The third-order valence-corrected chi connectivity index (χ3v) is 5.69. The van der Waals surface area contributed by atoms with E-state index in [0.29, 0.717) is 11.1 Å². The van der Waals surface area contributed by atoms with Gasteiger partial charge < -0.3 is 15.0 Å². The number of rotatable bonds is 9. The summed E-state index contributed by atoms with van der Waals surface area (Å²) in [7, 11) is 5.75. The fourth-order valence-electron chi connectivity index (χ4n) is 3.91. The molecule has 0 aliphatic heterocycles. The zero-order valence-corrected chi connectivity index (χ0v) is 20.1. The van der Waals surface area contributed by atoms with Crippen LogP contribution in [-0.4, -0.2) is 44.3 Å². The molecule has 1 amide bonds. The van der Waals surface area contributed by atoms with Crippen LogP contribution in [0.3, 0.4) is 0 Å². The topological polar surface area (TPSA) is 58.6 Å².